The summed E-state index contributed by atoms with van der Waals surface area (Å²) in [4.78, 5) is 0.270. The van der Waals surface area contributed by atoms with E-state index in [-0.39, 0.29) is 16.9 Å². The molecule has 0 aliphatic rings. The zero-order valence-electron chi connectivity index (χ0n) is 19.0. The third kappa shape index (κ3) is 6.11. The van der Waals surface area contributed by atoms with Crippen LogP contribution in [0.15, 0.2) is 77.7 Å². The van der Waals surface area contributed by atoms with Gasteiger partial charge in [0, 0.05) is 18.0 Å². The Hall–Kier alpha value is -2.83. The van der Waals surface area contributed by atoms with Crippen molar-refractivity contribution in [2.24, 2.45) is 0 Å². The third-order valence-electron chi connectivity index (χ3n) is 5.22. The van der Waals surface area contributed by atoms with Crippen molar-refractivity contribution in [3.63, 3.8) is 0 Å². The maximum Gasteiger partial charge on any atom is 0.240 e. The normalized spacial score (nSPS) is 12.5. The Labute approximate surface area is 191 Å². The molecule has 0 spiro atoms. The van der Waals surface area contributed by atoms with Crippen LogP contribution in [0.25, 0.3) is 0 Å². The van der Waals surface area contributed by atoms with Crippen molar-refractivity contribution in [1.82, 2.24) is 4.72 Å². The highest BCUT2D eigenvalue weighted by molar-refractivity contribution is 7.89. The van der Waals surface area contributed by atoms with Gasteiger partial charge < -0.3 is 9.47 Å². The van der Waals surface area contributed by atoms with Crippen molar-refractivity contribution < 1.29 is 17.9 Å². The summed E-state index contributed by atoms with van der Waals surface area (Å²) >= 11 is 0. The van der Waals surface area contributed by atoms with E-state index in [4.69, 9.17) is 9.47 Å². The molecule has 0 fully saturated rings. The van der Waals surface area contributed by atoms with Crippen molar-refractivity contribution in [1.29, 1.82) is 0 Å². The predicted molar refractivity (Wildman–Crippen MR) is 128 cm³/mol. The Bertz CT molecular complexity index is 1110. The fourth-order valence-electron chi connectivity index (χ4n) is 3.65. The van der Waals surface area contributed by atoms with E-state index in [0.717, 1.165) is 28.2 Å². The van der Waals surface area contributed by atoms with Gasteiger partial charge in [-0.25, -0.2) is 13.1 Å². The number of rotatable bonds is 10. The van der Waals surface area contributed by atoms with Gasteiger partial charge >= 0.3 is 0 Å². The zero-order chi connectivity index (χ0) is 23.1. The number of para-hydroxylation sites is 1. The minimum Gasteiger partial charge on any atom is -0.496 e. The molecule has 3 aromatic rings. The number of sulfonamides is 1. The molecule has 0 radical (unpaired) electrons. The van der Waals surface area contributed by atoms with E-state index in [1.807, 2.05) is 69.3 Å². The molecule has 0 heterocycles. The van der Waals surface area contributed by atoms with Gasteiger partial charge in [-0.3, -0.25) is 0 Å². The summed E-state index contributed by atoms with van der Waals surface area (Å²) in [6.45, 7) is 6.21. The second-order valence-electron chi connectivity index (χ2n) is 8.03. The number of ether oxygens (including phenoxy) is 2. The second-order valence-corrected chi connectivity index (χ2v) is 9.80. The Balaban J connectivity index is 1.82. The van der Waals surface area contributed by atoms with Gasteiger partial charge in [-0.05, 0) is 63.1 Å². The minimum atomic E-state index is -3.57. The first-order valence-corrected chi connectivity index (χ1v) is 12.2. The Kier molecular flexibility index (Phi) is 7.94. The van der Waals surface area contributed by atoms with Crippen LogP contribution in [0.1, 0.15) is 42.9 Å². The highest BCUT2D eigenvalue weighted by Gasteiger charge is 2.20. The number of benzene rings is 3. The SMILES string of the molecule is COc1ccccc1[C@@H](CCNS(=O)(=O)c1ccc(C)cc1)c1ccc(OC(C)C)cc1. The lowest BCUT2D eigenvalue weighted by Gasteiger charge is -2.21. The van der Waals surface area contributed by atoms with E-state index in [9.17, 15) is 8.42 Å². The molecular formula is C26H31NO4S. The molecule has 0 unspecified atom stereocenters. The molecule has 5 nitrogen and oxygen atoms in total. The molecule has 0 aliphatic carbocycles. The van der Waals surface area contributed by atoms with Crippen LogP contribution in [-0.4, -0.2) is 28.2 Å². The monoisotopic (exact) mass is 453 g/mol. The molecule has 170 valence electrons. The summed E-state index contributed by atoms with van der Waals surface area (Å²) in [5.74, 6) is 1.55. The summed E-state index contributed by atoms with van der Waals surface area (Å²) < 4.78 is 39.5. The van der Waals surface area contributed by atoms with Gasteiger partial charge in [0.25, 0.3) is 0 Å². The van der Waals surface area contributed by atoms with Crippen LogP contribution in [0.2, 0.25) is 0 Å². The molecule has 0 aliphatic heterocycles. The van der Waals surface area contributed by atoms with E-state index in [1.165, 1.54) is 0 Å². The molecule has 3 aromatic carbocycles. The first kappa shape index (κ1) is 23.8. The van der Waals surface area contributed by atoms with Gasteiger partial charge in [-0.2, -0.15) is 0 Å². The van der Waals surface area contributed by atoms with Crippen LogP contribution in [0.3, 0.4) is 0 Å². The maximum absolute atomic E-state index is 12.7. The highest BCUT2D eigenvalue weighted by atomic mass is 32.2. The molecule has 0 bridgehead atoms. The summed E-state index contributed by atoms with van der Waals surface area (Å²) in [7, 11) is -1.93. The average molecular weight is 454 g/mol. The predicted octanol–water partition coefficient (Wildman–Crippen LogP) is 5.29. The summed E-state index contributed by atoms with van der Waals surface area (Å²) in [6.07, 6.45) is 0.678. The van der Waals surface area contributed by atoms with Gasteiger partial charge in [-0.1, -0.05) is 48.0 Å². The van der Waals surface area contributed by atoms with E-state index >= 15 is 0 Å². The Morgan fingerprint density at radius 3 is 2.19 bits per heavy atom. The van der Waals surface area contributed by atoms with E-state index in [0.29, 0.717) is 13.0 Å². The standard InChI is InChI=1S/C26H31NO4S/c1-19(2)31-22-13-11-21(12-14-22)24(25-7-5-6-8-26(25)30-4)17-18-27-32(28,29)23-15-9-20(3)10-16-23/h5-16,19,24,27H,17-18H2,1-4H3/t24-/m0/s1. The molecule has 0 aromatic heterocycles. The van der Waals surface area contributed by atoms with Crippen molar-refractivity contribution in [2.45, 2.75) is 44.1 Å². The fourth-order valence-corrected chi connectivity index (χ4v) is 4.69. The van der Waals surface area contributed by atoms with Gasteiger partial charge in [0.1, 0.15) is 11.5 Å². The average Bonchev–Trinajstić information content (AvgIpc) is 2.77. The number of methoxy groups -OCH3 is 1. The van der Waals surface area contributed by atoms with Gasteiger partial charge in [0.15, 0.2) is 0 Å². The summed E-state index contributed by atoms with van der Waals surface area (Å²) in [5.41, 5.74) is 3.10. The van der Waals surface area contributed by atoms with Crippen molar-refractivity contribution in [3.05, 3.63) is 89.5 Å². The zero-order valence-corrected chi connectivity index (χ0v) is 19.9. The van der Waals surface area contributed by atoms with Gasteiger partial charge in [-0.15, -0.1) is 0 Å². The van der Waals surface area contributed by atoms with E-state index in [1.54, 1.807) is 31.4 Å². The largest absolute Gasteiger partial charge is 0.496 e. The van der Waals surface area contributed by atoms with Crippen LogP contribution in [0.4, 0.5) is 0 Å². The lowest BCUT2D eigenvalue weighted by atomic mass is 9.88. The number of hydrogen-bond acceptors (Lipinski definition) is 4. The van der Waals surface area contributed by atoms with Gasteiger partial charge in [0.05, 0.1) is 18.1 Å². The molecule has 1 atom stereocenters. The Morgan fingerprint density at radius 2 is 1.56 bits per heavy atom. The highest BCUT2D eigenvalue weighted by Crippen LogP contribution is 2.35. The summed E-state index contributed by atoms with van der Waals surface area (Å²) in [5, 5.41) is 0. The number of hydrogen-bond donors (Lipinski definition) is 1. The van der Waals surface area contributed by atoms with Crippen molar-refractivity contribution in [2.75, 3.05) is 13.7 Å². The molecule has 0 amide bonds. The van der Waals surface area contributed by atoms with Crippen LogP contribution >= 0.6 is 0 Å². The van der Waals surface area contributed by atoms with Crippen molar-refractivity contribution in [3.8, 4) is 11.5 Å². The lowest BCUT2D eigenvalue weighted by Crippen LogP contribution is -2.26. The molecule has 1 N–H and O–H groups in total. The van der Waals surface area contributed by atoms with E-state index < -0.39 is 10.0 Å². The minimum absolute atomic E-state index is 0.0417. The molecule has 0 saturated heterocycles. The third-order valence-corrected chi connectivity index (χ3v) is 6.70. The molecular weight excluding hydrogens is 422 g/mol. The number of nitrogens with one attached hydrogen (secondary N) is 1. The van der Waals surface area contributed by atoms with Gasteiger partial charge in [0.2, 0.25) is 10.0 Å². The quantitative estimate of drug-likeness (QED) is 0.453. The van der Waals surface area contributed by atoms with E-state index in [2.05, 4.69) is 4.72 Å². The van der Waals surface area contributed by atoms with Crippen LogP contribution in [0, 0.1) is 6.92 Å². The van der Waals surface area contributed by atoms with Crippen LogP contribution in [-0.2, 0) is 10.0 Å². The first-order chi connectivity index (χ1) is 15.3. The summed E-state index contributed by atoms with van der Waals surface area (Å²) in [6, 6.07) is 22.7. The fraction of sp³-hybridized carbons (Fsp3) is 0.308. The first-order valence-electron chi connectivity index (χ1n) is 10.8. The van der Waals surface area contributed by atoms with Crippen LogP contribution in [0.5, 0.6) is 11.5 Å². The molecule has 6 heteroatoms. The maximum atomic E-state index is 12.7. The van der Waals surface area contributed by atoms with Crippen molar-refractivity contribution >= 4 is 10.0 Å². The van der Waals surface area contributed by atoms with Crippen LogP contribution < -0.4 is 14.2 Å². The molecule has 0 saturated carbocycles. The smallest absolute Gasteiger partial charge is 0.240 e. The Morgan fingerprint density at radius 1 is 0.906 bits per heavy atom. The molecule has 32 heavy (non-hydrogen) atoms. The second kappa shape index (κ2) is 10.7. The lowest BCUT2D eigenvalue weighted by molar-refractivity contribution is 0.242. The topological polar surface area (TPSA) is 64.6 Å². The number of aryl methyl sites for hydroxylation is 1. The molecule has 3 rings (SSSR count).